The van der Waals surface area contributed by atoms with Crippen molar-refractivity contribution in [2.24, 2.45) is 0 Å². The lowest BCUT2D eigenvalue weighted by Crippen LogP contribution is -2.41. The number of methoxy groups -OCH3 is 1. The van der Waals surface area contributed by atoms with Crippen molar-refractivity contribution >= 4 is 11.9 Å². The number of aromatic nitrogens is 1. The van der Waals surface area contributed by atoms with E-state index < -0.39 is 12.0 Å². The van der Waals surface area contributed by atoms with E-state index in [-0.39, 0.29) is 18.4 Å². The van der Waals surface area contributed by atoms with Crippen LogP contribution in [0.4, 0.5) is 0 Å². The van der Waals surface area contributed by atoms with Crippen molar-refractivity contribution in [1.29, 1.82) is 0 Å². The molecule has 0 bridgehead atoms. The summed E-state index contributed by atoms with van der Waals surface area (Å²) in [6, 6.07) is 2.87. The van der Waals surface area contributed by atoms with Crippen LogP contribution >= 0.6 is 0 Å². The number of ether oxygens (including phenoxy) is 1. The van der Waals surface area contributed by atoms with Gasteiger partial charge in [0.15, 0.2) is 0 Å². The first-order valence-corrected chi connectivity index (χ1v) is 6.48. The van der Waals surface area contributed by atoms with Crippen molar-refractivity contribution in [1.82, 2.24) is 9.88 Å². The lowest BCUT2D eigenvalue weighted by molar-refractivity contribution is -0.148. The zero-order valence-corrected chi connectivity index (χ0v) is 11.6. The number of pyridine rings is 1. The topological polar surface area (TPSA) is 79.7 Å². The number of aliphatic carboxylic acids is 1. The first-order valence-electron chi connectivity index (χ1n) is 6.48. The second-order valence-electron chi connectivity index (χ2n) is 4.98. The molecule has 1 saturated heterocycles. The highest BCUT2D eigenvalue weighted by Crippen LogP contribution is 2.21. The molecule has 1 N–H and O–H groups in total. The Morgan fingerprint density at radius 1 is 1.50 bits per heavy atom. The fourth-order valence-electron chi connectivity index (χ4n) is 2.36. The van der Waals surface area contributed by atoms with Crippen molar-refractivity contribution < 1.29 is 19.4 Å². The molecule has 1 aromatic heterocycles. The molecular formula is C14H18N2O4. The van der Waals surface area contributed by atoms with Gasteiger partial charge in [-0.05, 0) is 18.6 Å². The molecule has 1 fully saturated rings. The number of hydrogen-bond donors (Lipinski definition) is 1. The number of carbonyl (C=O) groups is 2. The van der Waals surface area contributed by atoms with Gasteiger partial charge in [-0.1, -0.05) is 6.07 Å². The molecule has 2 rings (SSSR count). The van der Waals surface area contributed by atoms with Gasteiger partial charge in [0.25, 0.3) is 0 Å². The quantitative estimate of drug-likeness (QED) is 0.874. The Morgan fingerprint density at radius 2 is 2.25 bits per heavy atom. The highest BCUT2D eigenvalue weighted by atomic mass is 16.5. The van der Waals surface area contributed by atoms with E-state index in [9.17, 15) is 14.7 Å². The third-order valence-corrected chi connectivity index (χ3v) is 3.53. The minimum atomic E-state index is -0.986. The summed E-state index contributed by atoms with van der Waals surface area (Å²) in [4.78, 5) is 29.0. The lowest BCUT2D eigenvalue weighted by Gasteiger charge is -2.21. The van der Waals surface area contributed by atoms with Crippen LogP contribution in [-0.2, 0) is 20.7 Å². The molecule has 2 unspecified atom stereocenters. The van der Waals surface area contributed by atoms with Crippen LogP contribution in [0.2, 0.25) is 0 Å². The normalized spacial score (nSPS) is 22.0. The van der Waals surface area contributed by atoms with Gasteiger partial charge in [-0.3, -0.25) is 9.78 Å². The summed E-state index contributed by atoms with van der Waals surface area (Å²) in [7, 11) is 1.53. The van der Waals surface area contributed by atoms with Crippen molar-refractivity contribution in [2.75, 3.05) is 13.7 Å². The molecule has 0 saturated carbocycles. The number of hydrogen-bond acceptors (Lipinski definition) is 4. The summed E-state index contributed by atoms with van der Waals surface area (Å²) in [6.07, 6.45) is 1.93. The van der Waals surface area contributed by atoms with Gasteiger partial charge in [-0.25, -0.2) is 4.79 Å². The zero-order valence-electron chi connectivity index (χ0n) is 11.6. The molecule has 0 aliphatic carbocycles. The monoisotopic (exact) mass is 278 g/mol. The van der Waals surface area contributed by atoms with Crippen molar-refractivity contribution in [2.45, 2.75) is 31.9 Å². The third-order valence-electron chi connectivity index (χ3n) is 3.53. The molecule has 1 aliphatic heterocycles. The Kier molecular flexibility index (Phi) is 4.34. The van der Waals surface area contributed by atoms with Gasteiger partial charge in [-0.15, -0.1) is 0 Å². The molecule has 0 spiro atoms. The van der Waals surface area contributed by atoms with E-state index in [1.807, 2.05) is 19.1 Å². The second kappa shape index (κ2) is 6.00. The molecule has 20 heavy (non-hydrogen) atoms. The average Bonchev–Trinajstić information content (AvgIpc) is 2.86. The lowest BCUT2D eigenvalue weighted by atomic mass is 10.1. The molecule has 1 aliphatic rings. The summed E-state index contributed by atoms with van der Waals surface area (Å²) in [6.45, 7) is 2.20. The Bertz CT molecular complexity index is 500. The van der Waals surface area contributed by atoms with Crippen LogP contribution in [0.5, 0.6) is 0 Å². The Hall–Kier alpha value is -1.95. The first kappa shape index (κ1) is 14.5. The van der Waals surface area contributed by atoms with Crippen molar-refractivity contribution in [3.05, 3.63) is 29.6 Å². The molecule has 1 aromatic rings. The SMILES string of the molecule is COC1CC(C(=O)O)N(C(=O)Cc2ccc(C)nc2)C1. The highest BCUT2D eigenvalue weighted by molar-refractivity contribution is 5.85. The molecule has 6 nitrogen and oxygen atoms in total. The third kappa shape index (κ3) is 3.14. The Labute approximate surface area is 117 Å². The van der Waals surface area contributed by atoms with E-state index in [1.165, 1.54) is 12.0 Å². The predicted octanol–water partition coefficient (Wildman–Crippen LogP) is 0.633. The fraction of sp³-hybridized carbons (Fsp3) is 0.500. The summed E-state index contributed by atoms with van der Waals surface area (Å²) in [5.74, 6) is -1.19. The number of rotatable bonds is 4. The van der Waals surface area contributed by atoms with E-state index in [2.05, 4.69) is 4.98 Å². The summed E-state index contributed by atoms with van der Waals surface area (Å²) in [5.41, 5.74) is 1.66. The number of carbonyl (C=O) groups excluding carboxylic acids is 1. The van der Waals surface area contributed by atoms with Crippen LogP contribution in [0.3, 0.4) is 0 Å². The van der Waals surface area contributed by atoms with Gasteiger partial charge in [0.1, 0.15) is 6.04 Å². The minimum Gasteiger partial charge on any atom is -0.480 e. The summed E-state index contributed by atoms with van der Waals surface area (Å²) >= 11 is 0. The number of likely N-dealkylation sites (tertiary alicyclic amines) is 1. The standard InChI is InChI=1S/C14H18N2O4/c1-9-3-4-10(7-15-9)5-13(17)16-8-11(20-2)6-12(16)14(18)19/h3-4,7,11-12H,5-6,8H2,1-2H3,(H,18,19). The second-order valence-corrected chi connectivity index (χ2v) is 4.98. The van der Waals surface area contributed by atoms with Gasteiger partial charge in [0, 0.05) is 32.0 Å². The smallest absolute Gasteiger partial charge is 0.326 e. The fourth-order valence-corrected chi connectivity index (χ4v) is 2.36. The van der Waals surface area contributed by atoms with E-state index in [0.717, 1.165) is 11.3 Å². The van der Waals surface area contributed by atoms with Crippen LogP contribution in [0.25, 0.3) is 0 Å². The molecule has 6 heteroatoms. The van der Waals surface area contributed by atoms with Crippen molar-refractivity contribution in [3.8, 4) is 0 Å². The minimum absolute atomic E-state index is 0.160. The molecule has 2 heterocycles. The van der Waals surface area contributed by atoms with Crippen LogP contribution in [0.15, 0.2) is 18.3 Å². The molecular weight excluding hydrogens is 260 g/mol. The van der Waals surface area contributed by atoms with Crippen LogP contribution in [-0.4, -0.2) is 52.7 Å². The molecule has 1 amide bonds. The highest BCUT2D eigenvalue weighted by Gasteiger charge is 2.39. The number of amides is 1. The zero-order chi connectivity index (χ0) is 14.7. The van der Waals surface area contributed by atoms with Crippen molar-refractivity contribution in [3.63, 3.8) is 0 Å². The number of carboxylic acid groups (broad SMARTS) is 1. The Balaban J connectivity index is 2.07. The number of aryl methyl sites for hydroxylation is 1. The number of carboxylic acids is 1. The van der Waals surface area contributed by atoms with Gasteiger partial charge in [0.05, 0.1) is 12.5 Å². The van der Waals surface area contributed by atoms with Crippen LogP contribution in [0, 0.1) is 6.92 Å². The van der Waals surface area contributed by atoms with Crippen LogP contribution in [0.1, 0.15) is 17.7 Å². The summed E-state index contributed by atoms with van der Waals surface area (Å²) in [5, 5.41) is 9.19. The molecule has 108 valence electrons. The Morgan fingerprint density at radius 3 is 2.80 bits per heavy atom. The van der Waals surface area contributed by atoms with E-state index in [1.54, 1.807) is 6.20 Å². The molecule has 0 aromatic carbocycles. The van der Waals surface area contributed by atoms with Gasteiger partial charge in [-0.2, -0.15) is 0 Å². The van der Waals surface area contributed by atoms with E-state index in [0.29, 0.717) is 13.0 Å². The van der Waals surface area contributed by atoms with E-state index in [4.69, 9.17) is 4.74 Å². The summed E-state index contributed by atoms with van der Waals surface area (Å²) < 4.78 is 5.17. The van der Waals surface area contributed by atoms with Gasteiger partial charge in [0.2, 0.25) is 5.91 Å². The van der Waals surface area contributed by atoms with Gasteiger partial charge >= 0.3 is 5.97 Å². The number of nitrogens with zero attached hydrogens (tertiary/aromatic N) is 2. The average molecular weight is 278 g/mol. The molecule has 0 radical (unpaired) electrons. The maximum absolute atomic E-state index is 12.3. The van der Waals surface area contributed by atoms with E-state index >= 15 is 0 Å². The van der Waals surface area contributed by atoms with Crippen LogP contribution < -0.4 is 0 Å². The largest absolute Gasteiger partial charge is 0.480 e. The maximum atomic E-state index is 12.3. The van der Waals surface area contributed by atoms with Gasteiger partial charge < -0.3 is 14.7 Å². The first-order chi connectivity index (χ1) is 9.51. The predicted molar refractivity (Wildman–Crippen MR) is 71.2 cm³/mol. The maximum Gasteiger partial charge on any atom is 0.326 e. The molecule has 2 atom stereocenters.